The largest absolute Gasteiger partial charge is 0.574 e. The van der Waals surface area contributed by atoms with Gasteiger partial charge in [0.15, 0.2) is 5.43 Å². The molecule has 0 amide bonds. The van der Waals surface area contributed by atoms with Gasteiger partial charge in [0.1, 0.15) is 5.69 Å². The number of nitrogens with one attached hydrogen (secondary N) is 1. The minimum atomic E-state index is -5.02. The Morgan fingerprint density at radius 3 is 2.58 bits per heavy atom. The van der Waals surface area contributed by atoms with Crippen LogP contribution < -0.4 is 10.2 Å². The van der Waals surface area contributed by atoms with Crippen LogP contribution in [0.3, 0.4) is 0 Å². The number of pyridine rings is 1. The molecule has 1 rings (SSSR count). The summed E-state index contributed by atoms with van der Waals surface area (Å²) < 4.78 is 44.7. The smallest absolute Gasteiger partial charge is 0.461 e. The first-order chi connectivity index (χ1) is 8.78. The number of carbonyl (C=O) groups excluding carboxylic acids is 1. The molecular formula is C10H9ClF3NO4. The molecule has 0 saturated heterocycles. The molecule has 0 aliphatic heterocycles. The zero-order valence-electron chi connectivity index (χ0n) is 9.64. The van der Waals surface area contributed by atoms with Gasteiger partial charge < -0.3 is 14.5 Å². The van der Waals surface area contributed by atoms with Crippen molar-refractivity contribution < 1.29 is 27.4 Å². The van der Waals surface area contributed by atoms with Gasteiger partial charge in [0, 0.05) is 6.07 Å². The number of H-pyrrole nitrogens is 1. The molecule has 0 fully saturated rings. The standard InChI is InChI=1S/C10H9ClF3NO4/c1-2-18-9(17)6-3-7(16)5(4-11)8(15-6)19-10(12,13)14/h3H,2,4H2,1H3,(H,15,16). The lowest BCUT2D eigenvalue weighted by Gasteiger charge is -2.12. The molecule has 1 heterocycles. The second-order valence-corrected chi connectivity index (χ2v) is 3.52. The number of aromatic amines is 1. The molecule has 0 radical (unpaired) electrons. The van der Waals surface area contributed by atoms with Crippen LogP contribution in [0.15, 0.2) is 10.9 Å². The quantitative estimate of drug-likeness (QED) is 0.683. The highest BCUT2D eigenvalue weighted by Crippen LogP contribution is 2.24. The van der Waals surface area contributed by atoms with E-state index in [1.165, 1.54) is 6.92 Å². The van der Waals surface area contributed by atoms with Gasteiger partial charge in [-0.1, -0.05) is 0 Å². The summed E-state index contributed by atoms with van der Waals surface area (Å²) in [6, 6.07) is 0.805. The number of hydrogen-bond acceptors (Lipinski definition) is 4. The molecule has 106 valence electrons. The van der Waals surface area contributed by atoms with Crippen LogP contribution in [0.5, 0.6) is 5.88 Å². The maximum atomic E-state index is 12.2. The molecule has 1 aromatic rings. The fourth-order valence-corrected chi connectivity index (χ4v) is 1.47. The average Bonchev–Trinajstić information content (AvgIpc) is 2.26. The topological polar surface area (TPSA) is 68.4 Å². The number of alkyl halides is 4. The molecule has 0 unspecified atom stereocenters. The Kier molecular flexibility index (Phi) is 4.82. The summed E-state index contributed by atoms with van der Waals surface area (Å²) in [5.41, 5.74) is -1.72. The average molecular weight is 300 g/mol. The Bertz CT molecular complexity index is 526. The van der Waals surface area contributed by atoms with Crippen LogP contribution >= 0.6 is 11.6 Å². The Balaban J connectivity index is 3.26. The highest BCUT2D eigenvalue weighted by Gasteiger charge is 2.33. The van der Waals surface area contributed by atoms with Gasteiger partial charge in [-0.15, -0.1) is 24.8 Å². The third kappa shape index (κ3) is 4.16. The first-order valence-corrected chi connectivity index (χ1v) is 5.57. The summed E-state index contributed by atoms with van der Waals surface area (Å²) in [4.78, 5) is 24.9. The monoisotopic (exact) mass is 299 g/mol. The Hall–Kier alpha value is -1.70. The second-order valence-electron chi connectivity index (χ2n) is 3.26. The van der Waals surface area contributed by atoms with Crippen molar-refractivity contribution in [2.75, 3.05) is 6.61 Å². The number of carbonyl (C=O) groups is 1. The normalized spacial score (nSPS) is 11.2. The van der Waals surface area contributed by atoms with E-state index in [9.17, 15) is 22.8 Å². The van der Waals surface area contributed by atoms with Crippen LogP contribution in [-0.2, 0) is 10.6 Å². The Morgan fingerprint density at radius 1 is 1.47 bits per heavy atom. The van der Waals surface area contributed by atoms with Crippen molar-refractivity contribution in [1.29, 1.82) is 0 Å². The SMILES string of the molecule is CCOC(=O)c1cc(=O)c(CCl)c(OC(F)(F)F)[nH]1. The summed E-state index contributed by atoms with van der Waals surface area (Å²) in [6.45, 7) is 1.52. The number of hydrogen-bond donors (Lipinski definition) is 1. The van der Waals surface area contributed by atoms with Crippen LogP contribution in [0.4, 0.5) is 13.2 Å². The van der Waals surface area contributed by atoms with Gasteiger partial charge in [-0.3, -0.25) is 4.79 Å². The maximum absolute atomic E-state index is 12.2. The van der Waals surface area contributed by atoms with Crippen molar-refractivity contribution in [2.45, 2.75) is 19.2 Å². The fourth-order valence-electron chi connectivity index (χ4n) is 1.21. The van der Waals surface area contributed by atoms with Crippen molar-refractivity contribution >= 4 is 17.6 Å². The first-order valence-electron chi connectivity index (χ1n) is 5.03. The van der Waals surface area contributed by atoms with Crippen LogP contribution in [-0.4, -0.2) is 23.9 Å². The van der Waals surface area contributed by atoms with E-state index in [-0.39, 0.29) is 6.61 Å². The zero-order chi connectivity index (χ0) is 14.6. The summed E-state index contributed by atoms with van der Waals surface area (Å²) in [5.74, 6) is -2.38. The van der Waals surface area contributed by atoms with Gasteiger partial charge in [0.25, 0.3) is 0 Å². The molecule has 0 aromatic carbocycles. The van der Waals surface area contributed by atoms with Crippen LogP contribution in [0.25, 0.3) is 0 Å². The number of ether oxygens (including phenoxy) is 2. The Labute approximate surface area is 110 Å². The number of rotatable bonds is 4. The third-order valence-corrected chi connectivity index (χ3v) is 2.21. The molecule has 0 aliphatic rings. The van der Waals surface area contributed by atoms with E-state index in [4.69, 9.17) is 11.6 Å². The summed E-state index contributed by atoms with van der Waals surface area (Å²) in [7, 11) is 0. The fraction of sp³-hybridized carbons (Fsp3) is 0.400. The molecule has 0 bridgehead atoms. The molecule has 0 saturated carbocycles. The molecule has 0 spiro atoms. The number of esters is 1. The van der Waals surface area contributed by atoms with Gasteiger partial charge in [-0.25, -0.2) is 4.79 Å². The zero-order valence-corrected chi connectivity index (χ0v) is 10.4. The van der Waals surface area contributed by atoms with E-state index in [1.807, 2.05) is 4.98 Å². The molecule has 1 aromatic heterocycles. The van der Waals surface area contributed by atoms with Crippen molar-refractivity contribution in [1.82, 2.24) is 4.98 Å². The predicted octanol–water partition coefficient (Wildman–Crippen LogP) is 2.19. The van der Waals surface area contributed by atoms with E-state index >= 15 is 0 Å². The van der Waals surface area contributed by atoms with E-state index < -0.39 is 40.8 Å². The Morgan fingerprint density at radius 2 is 2.11 bits per heavy atom. The predicted molar refractivity (Wildman–Crippen MR) is 59.3 cm³/mol. The van der Waals surface area contributed by atoms with Crippen LogP contribution in [0.1, 0.15) is 23.0 Å². The van der Waals surface area contributed by atoms with Gasteiger partial charge in [0.2, 0.25) is 5.88 Å². The van der Waals surface area contributed by atoms with E-state index in [2.05, 4.69) is 9.47 Å². The molecule has 19 heavy (non-hydrogen) atoms. The number of aromatic nitrogens is 1. The van der Waals surface area contributed by atoms with E-state index in [0.29, 0.717) is 0 Å². The summed E-state index contributed by atoms with van der Waals surface area (Å²) in [6.07, 6.45) is -5.02. The van der Waals surface area contributed by atoms with E-state index in [1.54, 1.807) is 0 Å². The second kappa shape index (κ2) is 5.96. The molecule has 1 N–H and O–H groups in total. The lowest BCUT2D eigenvalue weighted by molar-refractivity contribution is -0.276. The van der Waals surface area contributed by atoms with Crippen LogP contribution in [0.2, 0.25) is 0 Å². The minimum absolute atomic E-state index is 0.00752. The molecule has 5 nitrogen and oxygen atoms in total. The molecule has 0 aliphatic carbocycles. The van der Waals surface area contributed by atoms with Gasteiger partial charge in [-0.05, 0) is 6.92 Å². The lowest BCUT2D eigenvalue weighted by atomic mass is 10.2. The highest BCUT2D eigenvalue weighted by molar-refractivity contribution is 6.17. The number of halogens is 4. The lowest BCUT2D eigenvalue weighted by Crippen LogP contribution is -2.23. The highest BCUT2D eigenvalue weighted by atomic mass is 35.5. The summed E-state index contributed by atoms with van der Waals surface area (Å²) in [5, 5.41) is 0. The van der Waals surface area contributed by atoms with Gasteiger partial charge in [0.05, 0.1) is 18.1 Å². The van der Waals surface area contributed by atoms with Gasteiger partial charge in [-0.2, -0.15) is 0 Å². The van der Waals surface area contributed by atoms with Crippen molar-refractivity contribution in [3.8, 4) is 5.88 Å². The third-order valence-electron chi connectivity index (χ3n) is 1.94. The molecule has 9 heteroatoms. The van der Waals surface area contributed by atoms with Gasteiger partial charge >= 0.3 is 12.3 Å². The van der Waals surface area contributed by atoms with Crippen LogP contribution in [0, 0.1) is 0 Å². The minimum Gasteiger partial charge on any atom is -0.461 e. The summed E-state index contributed by atoms with van der Waals surface area (Å²) >= 11 is 5.38. The van der Waals surface area contributed by atoms with E-state index in [0.717, 1.165) is 6.07 Å². The molecule has 0 atom stereocenters. The first kappa shape index (κ1) is 15.4. The molecular weight excluding hydrogens is 291 g/mol. The van der Waals surface area contributed by atoms with Crippen molar-refractivity contribution in [2.24, 2.45) is 0 Å². The maximum Gasteiger partial charge on any atom is 0.574 e. The van der Waals surface area contributed by atoms with Crippen molar-refractivity contribution in [3.63, 3.8) is 0 Å². The van der Waals surface area contributed by atoms with Crippen molar-refractivity contribution in [3.05, 3.63) is 27.5 Å².